The first-order chi connectivity index (χ1) is 15.3. The number of anilines is 1. The molecule has 2 heterocycles. The monoisotopic (exact) mass is 420 g/mol. The molecule has 31 heavy (non-hydrogen) atoms. The number of aliphatic imine (C=N–C) groups is 1. The molecule has 0 saturated carbocycles. The van der Waals surface area contributed by atoms with Gasteiger partial charge in [-0.25, -0.2) is 4.98 Å². The van der Waals surface area contributed by atoms with Crippen molar-refractivity contribution in [3.8, 4) is 5.75 Å². The van der Waals surface area contributed by atoms with Crippen LogP contribution < -0.4 is 20.3 Å². The van der Waals surface area contributed by atoms with Gasteiger partial charge in [0.2, 0.25) is 0 Å². The maximum atomic E-state index is 5.53. The fraction of sp³-hybridized carbons (Fsp3) is 0.417. The number of aromatic nitrogens is 2. The van der Waals surface area contributed by atoms with Crippen LogP contribution in [0, 0.1) is 0 Å². The molecule has 1 saturated heterocycles. The maximum Gasteiger partial charge on any atom is 0.191 e. The highest BCUT2D eigenvalue weighted by Gasteiger charge is 2.25. The molecule has 1 unspecified atom stereocenters. The van der Waals surface area contributed by atoms with Crippen molar-refractivity contribution in [3.63, 3.8) is 0 Å². The minimum Gasteiger partial charge on any atom is -0.495 e. The lowest BCUT2D eigenvalue weighted by Crippen LogP contribution is -2.44. The fourth-order valence-electron chi connectivity index (χ4n) is 4.12. The second-order valence-corrected chi connectivity index (χ2v) is 7.79. The molecule has 7 heteroatoms. The Labute approximate surface area is 184 Å². The molecule has 1 fully saturated rings. The summed E-state index contributed by atoms with van der Waals surface area (Å²) in [5.41, 5.74) is 3.38. The summed E-state index contributed by atoms with van der Waals surface area (Å²) in [5.74, 6) is 1.82. The van der Waals surface area contributed by atoms with E-state index in [1.54, 1.807) is 7.11 Å². The minimum absolute atomic E-state index is 0.361. The van der Waals surface area contributed by atoms with Crippen molar-refractivity contribution in [2.75, 3.05) is 38.2 Å². The first kappa shape index (κ1) is 21.0. The van der Waals surface area contributed by atoms with Crippen LogP contribution in [0.1, 0.15) is 19.8 Å². The van der Waals surface area contributed by atoms with E-state index in [-0.39, 0.29) is 0 Å². The van der Waals surface area contributed by atoms with Crippen molar-refractivity contribution in [1.82, 2.24) is 20.2 Å². The quantitative estimate of drug-likeness (QED) is 0.333. The number of methoxy groups -OCH3 is 1. The van der Waals surface area contributed by atoms with E-state index < -0.39 is 0 Å². The summed E-state index contributed by atoms with van der Waals surface area (Å²) in [6.45, 7) is 6.57. The Bertz CT molecular complexity index is 1010. The van der Waals surface area contributed by atoms with Gasteiger partial charge in [0.05, 0.1) is 30.2 Å². The molecule has 2 aromatic carbocycles. The smallest absolute Gasteiger partial charge is 0.191 e. The fourth-order valence-corrected chi connectivity index (χ4v) is 4.12. The van der Waals surface area contributed by atoms with Gasteiger partial charge in [0.1, 0.15) is 5.75 Å². The topological polar surface area (TPSA) is 66.7 Å². The SMILES string of the molecule is CCNC(=NCCCn1cnc2ccccc21)NC1CCN(c2ccccc2OC)C1. The van der Waals surface area contributed by atoms with Gasteiger partial charge in [-0.3, -0.25) is 4.99 Å². The highest BCUT2D eigenvalue weighted by Crippen LogP contribution is 2.30. The van der Waals surface area contributed by atoms with Gasteiger partial charge in [0.25, 0.3) is 0 Å². The molecule has 2 N–H and O–H groups in total. The molecule has 0 bridgehead atoms. The molecule has 1 aromatic heterocycles. The van der Waals surface area contributed by atoms with Gasteiger partial charge < -0.3 is 24.8 Å². The number of aryl methyl sites for hydroxylation is 1. The number of hydrogen-bond acceptors (Lipinski definition) is 4. The molecular weight excluding hydrogens is 388 g/mol. The number of rotatable bonds is 8. The normalized spacial score (nSPS) is 16.6. The number of nitrogens with one attached hydrogen (secondary N) is 2. The van der Waals surface area contributed by atoms with E-state index in [1.807, 2.05) is 30.6 Å². The zero-order chi connectivity index (χ0) is 21.5. The number of fused-ring (bicyclic) bond motifs is 1. The molecule has 0 amide bonds. The standard InChI is InChI=1S/C24H32N6O/c1-3-25-24(26-14-8-15-30-18-27-20-9-4-5-10-21(20)30)28-19-13-16-29(17-19)22-11-6-7-12-23(22)31-2/h4-7,9-12,18-19H,3,8,13-17H2,1-2H3,(H2,25,26,28). The van der Waals surface area contributed by atoms with E-state index in [9.17, 15) is 0 Å². The largest absolute Gasteiger partial charge is 0.495 e. The molecule has 164 valence electrons. The second kappa shape index (κ2) is 10.2. The van der Waals surface area contributed by atoms with Gasteiger partial charge in [-0.15, -0.1) is 0 Å². The van der Waals surface area contributed by atoms with Gasteiger partial charge in [-0.2, -0.15) is 0 Å². The summed E-state index contributed by atoms with van der Waals surface area (Å²) in [6.07, 6.45) is 3.96. The number of guanidine groups is 1. The summed E-state index contributed by atoms with van der Waals surface area (Å²) in [4.78, 5) is 11.6. The average molecular weight is 421 g/mol. The summed E-state index contributed by atoms with van der Waals surface area (Å²) >= 11 is 0. The number of benzene rings is 2. The molecule has 0 aliphatic carbocycles. The molecule has 3 aromatic rings. The molecule has 1 aliphatic rings. The van der Waals surface area contributed by atoms with Gasteiger partial charge in [0, 0.05) is 38.8 Å². The maximum absolute atomic E-state index is 5.53. The van der Waals surface area contributed by atoms with Gasteiger partial charge in [0.15, 0.2) is 5.96 Å². The van der Waals surface area contributed by atoms with Crippen molar-refractivity contribution >= 4 is 22.7 Å². The summed E-state index contributed by atoms with van der Waals surface area (Å²) in [6, 6.07) is 16.8. The summed E-state index contributed by atoms with van der Waals surface area (Å²) < 4.78 is 7.73. The Balaban J connectivity index is 1.31. The lowest BCUT2D eigenvalue weighted by molar-refractivity contribution is 0.415. The van der Waals surface area contributed by atoms with E-state index in [0.717, 1.165) is 68.5 Å². The van der Waals surface area contributed by atoms with Crippen LogP contribution in [0.5, 0.6) is 5.75 Å². The highest BCUT2D eigenvalue weighted by atomic mass is 16.5. The third-order valence-electron chi connectivity index (χ3n) is 5.65. The van der Waals surface area contributed by atoms with Crippen LogP contribution in [0.3, 0.4) is 0 Å². The van der Waals surface area contributed by atoms with Crippen LogP contribution in [-0.4, -0.2) is 54.8 Å². The van der Waals surface area contributed by atoms with Crippen LogP contribution in [0.25, 0.3) is 11.0 Å². The molecule has 7 nitrogen and oxygen atoms in total. The Kier molecular flexibility index (Phi) is 6.92. The molecular formula is C24H32N6O. The van der Waals surface area contributed by atoms with Gasteiger partial charge >= 0.3 is 0 Å². The number of nitrogens with zero attached hydrogens (tertiary/aromatic N) is 4. The second-order valence-electron chi connectivity index (χ2n) is 7.79. The van der Waals surface area contributed by atoms with Crippen LogP contribution >= 0.6 is 0 Å². The lowest BCUT2D eigenvalue weighted by atomic mass is 10.2. The zero-order valence-corrected chi connectivity index (χ0v) is 18.4. The van der Waals surface area contributed by atoms with Crippen molar-refractivity contribution in [1.29, 1.82) is 0 Å². The van der Waals surface area contributed by atoms with Crippen molar-refractivity contribution < 1.29 is 4.74 Å². The van der Waals surface area contributed by atoms with Crippen LogP contribution in [-0.2, 0) is 6.54 Å². The average Bonchev–Trinajstić information content (AvgIpc) is 3.44. The summed E-state index contributed by atoms with van der Waals surface area (Å²) in [5, 5.41) is 7.00. The highest BCUT2D eigenvalue weighted by molar-refractivity contribution is 5.80. The van der Waals surface area contributed by atoms with Crippen LogP contribution in [0.4, 0.5) is 5.69 Å². The summed E-state index contributed by atoms with van der Waals surface area (Å²) in [7, 11) is 1.73. The van der Waals surface area contributed by atoms with Crippen molar-refractivity contribution in [2.45, 2.75) is 32.4 Å². The van der Waals surface area contributed by atoms with Crippen molar-refractivity contribution in [3.05, 3.63) is 54.9 Å². The van der Waals surface area contributed by atoms with Crippen molar-refractivity contribution in [2.24, 2.45) is 4.99 Å². The Morgan fingerprint density at radius 3 is 2.90 bits per heavy atom. The Morgan fingerprint density at radius 1 is 1.19 bits per heavy atom. The van der Waals surface area contributed by atoms with Gasteiger partial charge in [-0.05, 0) is 44.0 Å². The number of hydrogen-bond donors (Lipinski definition) is 2. The Hall–Kier alpha value is -3.22. The van der Waals surface area contributed by atoms with Crippen LogP contribution in [0.2, 0.25) is 0 Å². The van der Waals surface area contributed by atoms with E-state index in [2.05, 4.69) is 56.3 Å². The van der Waals surface area contributed by atoms with Gasteiger partial charge in [-0.1, -0.05) is 24.3 Å². The van der Waals surface area contributed by atoms with E-state index >= 15 is 0 Å². The number of imidazole rings is 1. The number of para-hydroxylation sites is 4. The lowest BCUT2D eigenvalue weighted by Gasteiger charge is -2.22. The predicted molar refractivity (Wildman–Crippen MR) is 127 cm³/mol. The first-order valence-electron chi connectivity index (χ1n) is 11.1. The molecule has 4 rings (SSSR count). The third kappa shape index (κ3) is 5.10. The molecule has 0 spiro atoms. The van der Waals surface area contributed by atoms with E-state index in [4.69, 9.17) is 9.73 Å². The minimum atomic E-state index is 0.361. The Morgan fingerprint density at radius 2 is 2.03 bits per heavy atom. The first-order valence-corrected chi connectivity index (χ1v) is 11.1. The third-order valence-corrected chi connectivity index (χ3v) is 5.65. The van der Waals surface area contributed by atoms with Crippen LogP contribution in [0.15, 0.2) is 59.9 Å². The van der Waals surface area contributed by atoms with E-state index in [1.165, 1.54) is 5.52 Å². The zero-order valence-electron chi connectivity index (χ0n) is 18.4. The molecule has 1 aliphatic heterocycles. The predicted octanol–water partition coefficient (Wildman–Crippen LogP) is 3.27. The number of ether oxygens (including phenoxy) is 1. The van der Waals surface area contributed by atoms with E-state index in [0.29, 0.717) is 6.04 Å². The molecule has 1 atom stereocenters. The molecule has 0 radical (unpaired) electrons.